The van der Waals surface area contributed by atoms with Crippen LogP contribution in [0.4, 0.5) is 4.39 Å². The van der Waals surface area contributed by atoms with Gasteiger partial charge in [-0.2, -0.15) is 0 Å². The predicted octanol–water partition coefficient (Wildman–Crippen LogP) is 5.57. The van der Waals surface area contributed by atoms with Gasteiger partial charge in [0.15, 0.2) is 5.78 Å². The summed E-state index contributed by atoms with van der Waals surface area (Å²) in [4.78, 5) is 25.1. The van der Waals surface area contributed by atoms with Crippen LogP contribution in [0.15, 0.2) is 11.6 Å². The Labute approximate surface area is 184 Å². The molecule has 1 saturated heterocycles. The number of halogens is 1. The fourth-order valence-electron chi connectivity index (χ4n) is 10.6. The Morgan fingerprint density at radius 3 is 2.42 bits per heavy atom. The second kappa shape index (κ2) is 5.65. The van der Waals surface area contributed by atoms with Crippen molar-refractivity contribution in [1.29, 1.82) is 0 Å². The van der Waals surface area contributed by atoms with Gasteiger partial charge in [-0.05, 0) is 92.4 Å². The number of fused-ring (bicyclic) bond motifs is 9. The Morgan fingerprint density at radius 2 is 1.81 bits per heavy atom. The average molecular weight is 427 g/mol. The van der Waals surface area contributed by atoms with Crippen molar-refractivity contribution >= 4 is 11.8 Å². The highest BCUT2D eigenvalue weighted by atomic mass is 19.1. The molecule has 0 aromatic heterocycles. The molecule has 0 radical (unpaired) electrons. The lowest BCUT2D eigenvalue weighted by molar-refractivity contribution is -0.198. The average Bonchev–Trinajstić information content (AvgIpc) is 3.14. The van der Waals surface area contributed by atoms with Gasteiger partial charge in [-0.1, -0.05) is 25.8 Å². The monoisotopic (exact) mass is 426 g/mol. The molecule has 2 spiro atoms. The van der Waals surface area contributed by atoms with E-state index in [1.807, 2.05) is 6.08 Å². The van der Waals surface area contributed by atoms with E-state index in [0.29, 0.717) is 36.4 Å². The van der Waals surface area contributed by atoms with Gasteiger partial charge in [0.1, 0.15) is 11.8 Å². The molecule has 6 aliphatic carbocycles. The van der Waals surface area contributed by atoms with Crippen LogP contribution < -0.4 is 0 Å². The number of esters is 1. The van der Waals surface area contributed by atoms with Crippen molar-refractivity contribution in [3.05, 3.63) is 11.6 Å². The smallest absolute Gasteiger partial charge is 0.306 e. The number of hydrogen-bond donors (Lipinski definition) is 0. The summed E-state index contributed by atoms with van der Waals surface area (Å²) >= 11 is 0. The van der Waals surface area contributed by atoms with E-state index in [1.54, 1.807) is 0 Å². The fourth-order valence-corrected chi connectivity index (χ4v) is 10.6. The first kappa shape index (κ1) is 19.3. The molecule has 31 heavy (non-hydrogen) atoms. The molecular formula is C27H35FO3. The van der Waals surface area contributed by atoms with Crippen LogP contribution in [0.25, 0.3) is 0 Å². The van der Waals surface area contributed by atoms with Crippen LogP contribution in [-0.2, 0) is 14.3 Å². The summed E-state index contributed by atoms with van der Waals surface area (Å²) in [5.74, 6) is 1.53. The molecule has 9 atom stereocenters. The second-order valence-electron chi connectivity index (χ2n) is 12.8. The quantitative estimate of drug-likeness (QED) is 0.476. The van der Waals surface area contributed by atoms with Crippen LogP contribution >= 0.6 is 0 Å². The maximum absolute atomic E-state index is 16.5. The maximum atomic E-state index is 16.5. The summed E-state index contributed by atoms with van der Waals surface area (Å²) in [5, 5.41) is 0. The third-order valence-corrected chi connectivity index (χ3v) is 12.2. The lowest BCUT2D eigenvalue weighted by atomic mass is 9.34. The SMILES string of the molecule is CC12C(=CC(=O)C3CCC31)C1(CCC1)CC1C2C(F)CC2(C)C1CCC21CCC(=O)O1. The van der Waals surface area contributed by atoms with E-state index >= 15 is 4.39 Å². The normalized spacial score (nSPS) is 56.0. The first-order valence-corrected chi connectivity index (χ1v) is 12.9. The van der Waals surface area contributed by atoms with E-state index in [4.69, 9.17) is 4.74 Å². The molecule has 168 valence electrons. The zero-order valence-corrected chi connectivity index (χ0v) is 18.9. The van der Waals surface area contributed by atoms with Crippen molar-refractivity contribution in [2.45, 2.75) is 96.2 Å². The van der Waals surface area contributed by atoms with Crippen LogP contribution in [0.2, 0.25) is 0 Å². The molecule has 7 rings (SSSR count). The number of carbonyl (C=O) groups excluding carboxylic acids is 2. The van der Waals surface area contributed by atoms with Crippen molar-refractivity contribution in [2.24, 2.45) is 45.8 Å². The predicted molar refractivity (Wildman–Crippen MR) is 114 cm³/mol. The summed E-state index contributed by atoms with van der Waals surface area (Å²) in [6.45, 7) is 4.61. The van der Waals surface area contributed by atoms with Gasteiger partial charge < -0.3 is 4.74 Å². The number of hydrogen-bond acceptors (Lipinski definition) is 3. The first-order chi connectivity index (χ1) is 14.7. The van der Waals surface area contributed by atoms with Crippen LogP contribution in [0.1, 0.15) is 84.5 Å². The largest absolute Gasteiger partial charge is 0.458 e. The van der Waals surface area contributed by atoms with Gasteiger partial charge in [-0.25, -0.2) is 4.39 Å². The van der Waals surface area contributed by atoms with E-state index in [9.17, 15) is 9.59 Å². The van der Waals surface area contributed by atoms with Gasteiger partial charge in [0.2, 0.25) is 0 Å². The maximum Gasteiger partial charge on any atom is 0.306 e. The Bertz CT molecular complexity index is 919. The molecule has 7 aliphatic rings. The second-order valence-corrected chi connectivity index (χ2v) is 12.8. The highest BCUT2D eigenvalue weighted by molar-refractivity contribution is 5.95. The Morgan fingerprint density at radius 1 is 1.00 bits per heavy atom. The molecule has 3 nitrogen and oxygen atoms in total. The molecular weight excluding hydrogens is 391 g/mol. The van der Waals surface area contributed by atoms with Crippen molar-refractivity contribution in [3.63, 3.8) is 0 Å². The van der Waals surface area contributed by atoms with E-state index < -0.39 is 11.8 Å². The number of allylic oxidation sites excluding steroid dienone is 1. The molecule has 1 aliphatic heterocycles. The molecule has 0 aromatic rings. The zero-order valence-electron chi connectivity index (χ0n) is 18.9. The van der Waals surface area contributed by atoms with Crippen LogP contribution in [-0.4, -0.2) is 23.5 Å². The summed E-state index contributed by atoms with van der Waals surface area (Å²) in [6, 6.07) is 0. The zero-order chi connectivity index (χ0) is 21.4. The molecule has 0 aromatic carbocycles. The molecule has 6 fully saturated rings. The van der Waals surface area contributed by atoms with Crippen LogP contribution in [0, 0.1) is 45.8 Å². The highest BCUT2D eigenvalue weighted by Gasteiger charge is 2.74. The van der Waals surface area contributed by atoms with E-state index in [2.05, 4.69) is 13.8 Å². The van der Waals surface area contributed by atoms with E-state index in [0.717, 1.165) is 38.5 Å². The number of rotatable bonds is 0. The number of ether oxygens (including phenoxy) is 1. The molecule has 0 amide bonds. The lowest BCUT2D eigenvalue weighted by Crippen LogP contribution is -2.66. The molecule has 5 saturated carbocycles. The number of ketones is 1. The third kappa shape index (κ3) is 2.00. The van der Waals surface area contributed by atoms with Crippen molar-refractivity contribution < 1.29 is 18.7 Å². The molecule has 0 bridgehead atoms. The van der Waals surface area contributed by atoms with Gasteiger partial charge in [0.25, 0.3) is 0 Å². The van der Waals surface area contributed by atoms with Crippen LogP contribution in [0.5, 0.6) is 0 Å². The van der Waals surface area contributed by atoms with Gasteiger partial charge >= 0.3 is 5.97 Å². The minimum Gasteiger partial charge on any atom is -0.458 e. The third-order valence-electron chi connectivity index (χ3n) is 12.2. The van der Waals surface area contributed by atoms with Crippen molar-refractivity contribution in [3.8, 4) is 0 Å². The summed E-state index contributed by atoms with van der Waals surface area (Å²) < 4.78 is 22.5. The Balaban J connectivity index is 1.36. The summed E-state index contributed by atoms with van der Waals surface area (Å²) in [6.07, 6.45) is 11.6. The minimum absolute atomic E-state index is 0.0243. The number of carbonyl (C=O) groups is 2. The Hall–Kier alpha value is -1.19. The van der Waals surface area contributed by atoms with Gasteiger partial charge in [0, 0.05) is 23.7 Å². The molecule has 1 heterocycles. The molecule has 9 unspecified atom stereocenters. The van der Waals surface area contributed by atoms with Gasteiger partial charge in [0.05, 0.1) is 0 Å². The van der Waals surface area contributed by atoms with E-state index in [1.165, 1.54) is 24.8 Å². The van der Waals surface area contributed by atoms with Gasteiger partial charge in [-0.15, -0.1) is 0 Å². The first-order valence-electron chi connectivity index (χ1n) is 12.9. The van der Waals surface area contributed by atoms with Crippen LogP contribution in [0.3, 0.4) is 0 Å². The topological polar surface area (TPSA) is 43.4 Å². The summed E-state index contributed by atoms with van der Waals surface area (Å²) in [7, 11) is 0. The Kier molecular flexibility index (Phi) is 3.52. The standard InChI is InChI=1S/C27H35FO3/c1-24-14-19(28)23-16(17(24)6-10-27(24)11-7-22(30)31-27)13-26(8-3-9-26)21-12-20(29)15-4-5-18(15)25(21,23)2/h12,15-19,23H,3-11,13-14H2,1-2H3. The van der Waals surface area contributed by atoms with Gasteiger partial charge in [-0.3, -0.25) is 9.59 Å². The van der Waals surface area contributed by atoms with E-state index in [-0.39, 0.29) is 34.1 Å². The molecule has 4 heteroatoms. The summed E-state index contributed by atoms with van der Waals surface area (Å²) in [5.41, 5.74) is 0.640. The lowest BCUT2D eigenvalue weighted by Gasteiger charge is -2.70. The fraction of sp³-hybridized carbons (Fsp3) is 0.852. The van der Waals surface area contributed by atoms with Crippen molar-refractivity contribution in [2.75, 3.05) is 0 Å². The van der Waals surface area contributed by atoms with Crippen molar-refractivity contribution in [1.82, 2.24) is 0 Å². The molecule has 0 N–H and O–H groups in total. The number of alkyl halides is 1. The highest BCUT2D eigenvalue weighted by Crippen LogP contribution is 2.77. The minimum atomic E-state index is -0.874.